The average Bonchev–Trinajstić information content (AvgIpc) is 4.10. The number of nitrogens with one attached hydrogen (secondary N) is 6. The third-order valence-corrected chi connectivity index (χ3v) is 15.5. The van der Waals surface area contributed by atoms with Gasteiger partial charge >= 0.3 is 6.03 Å². The first kappa shape index (κ1) is 44.0. The van der Waals surface area contributed by atoms with Gasteiger partial charge in [-0.3, -0.25) is 28.7 Å². The van der Waals surface area contributed by atoms with Crippen LogP contribution in [0.4, 0.5) is 4.79 Å². The van der Waals surface area contributed by atoms with Crippen LogP contribution < -0.4 is 40.8 Å². The Labute approximate surface area is 358 Å². The van der Waals surface area contributed by atoms with E-state index in [0.29, 0.717) is 36.8 Å². The van der Waals surface area contributed by atoms with E-state index in [9.17, 15) is 37.2 Å². The Morgan fingerprint density at radius 1 is 1.13 bits per heavy atom. The number of sulfonamides is 1. The number of unbranched alkanes of at least 4 members (excludes halogenated alkanes) is 1. The number of likely N-dealkylation sites (tertiary alicyclic amines) is 1. The summed E-state index contributed by atoms with van der Waals surface area (Å²) in [5.41, 5.74) is -1.53. The number of urea groups is 1. The van der Waals surface area contributed by atoms with Gasteiger partial charge in [-0.25, -0.2) is 18.2 Å². The number of benzene rings is 1. The number of carbonyl (C=O) groups is 6. The van der Waals surface area contributed by atoms with Crippen LogP contribution in [-0.2, 0) is 34.0 Å². The van der Waals surface area contributed by atoms with E-state index in [4.69, 9.17) is 9.47 Å². The molecule has 1 aromatic heterocycles. The van der Waals surface area contributed by atoms with Gasteiger partial charge in [-0.15, -0.1) is 0 Å². The van der Waals surface area contributed by atoms with E-state index in [1.54, 1.807) is 43.3 Å². The molecule has 0 unspecified atom stereocenters. The molecule has 2 aromatic rings. The third-order valence-electron chi connectivity index (χ3n) is 12.2. The van der Waals surface area contributed by atoms with E-state index in [1.807, 2.05) is 19.9 Å². The molecular weight excluding hydrogens is 829 g/mol. The van der Waals surface area contributed by atoms with Crippen molar-refractivity contribution in [1.82, 2.24) is 41.2 Å². The van der Waals surface area contributed by atoms with Crippen molar-refractivity contribution < 1.29 is 46.7 Å². The molecule has 4 heterocycles. The zero-order chi connectivity index (χ0) is 43.6. The highest BCUT2D eigenvalue weighted by Crippen LogP contribution is 2.49. The summed E-state index contributed by atoms with van der Waals surface area (Å²) >= 11 is 1.78. The monoisotopic (exact) mass is 882 g/mol. The Hall–Kier alpha value is -5.11. The van der Waals surface area contributed by atoms with Gasteiger partial charge in [0.15, 0.2) is 0 Å². The Morgan fingerprint density at radius 3 is 2.62 bits per heavy atom. The van der Waals surface area contributed by atoms with Crippen LogP contribution in [0, 0.1) is 11.8 Å². The van der Waals surface area contributed by atoms with Crippen molar-refractivity contribution in [2.75, 3.05) is 26.0 Å². The van der Waals surface area contributed by atoms with Gasteiger partial charge in [0.05, 0.1) is 31.0 Å². The van der Waals surface area contributed by atoms with Gasteiger partial charge in [-0.2, -0.15) is 11.8 Å². The van der Waals surface area contributed by atoms with E-state index < -0.39 is 68.5 Å². The molecule has 2 aliphatic carbocycles. The van der Waals surface area contributed by atoms with Gasteiger partial charge in [0.25, 0.3) is 5.91 Å². The number of methoxy groups -OCH3 is 1. The van der Waals surface area contributed by atoms with E-state index in [1.165, 1.54) is 4.90 Å². The molecular formula is C41H54N8O10S2. The SMILES string of the molecule is C=CC(=O)NC[C@H](NC(=O)CCCC[C@H]1SC[C@H]2NC(=O)N[C@H]21)C(=O)N1C[C@H](Oc2nccc3cc(OC)ccc23)C[C@H]1C(=O)N[C@]1(C(=O)NS(=O)(=O)C2CC2)C[C@H]1C(C)C. The third kappa shape index (κ3) is 9.84. The number of rotatable bonds is 19. The van der Waals surface area contributed by atoms with E-state index in [-0.39, 0.29) is 73.4 Å². The number of fused-ring (bicyclic) bond motifs is 2. The number of carbonyl (C=O) groups excluding carboxylic acids is 6. The molecule has 5 aliphatic rings. The molecule has 5 fully saturated rings. The summed E-state index contributed by atoms with van der Waals surface area (Å²) in [6, 6.07) is 4.59. The molecule has 18 nitrogen and oxygen atoms in total. The summed E-state index contributed by atoms with van der Waals surface area (Å²) in [5, 5.41) is 15.1. The standard InChI is InChI=1S/C41H54N8O10S2/c1-5-33(50)43-19-29(44-34(51)9-7-6-8-32-35-30(21-60-32)45-40(55)46-35)38(53)49-20-25(59-37-27-13-10-24(58-4)16-23(27)14-15-42-37)17-31(49)36(52)47-41(18-28(41)22(2)3)39(54)48-61(56,57)26-11-12-26/h5,10,13-16,22,25-26,28-32,35H,1,6-9,11-12,17-21H2,2-4H3,(H,43,50)(H,44,51)(H,47,52)(H,48,54)(H2,45,46,55)/t25-,28+,29+,30-,31+,32-,35-,41-/m1/s1. The van der Waals surface area contributed by atoms with Crippen molar-refractivity contribution in [2.45, 2.75) is 112 Å². The topological polar surface area (TPSA) is 243 Å². The van der Waals surface area contributed by atoms with Crippen LogP contribution in [0.5, 0.6) is 11.6 Å². The first-order valence-corrected chi connectivity index (χ1v) is 23.4. The van der Waals surface area contributed by atoms with Gasteiger partial charge in [-0.05, 0) is 79.7 Å². The predicted octanol–water partition coefficient (Wildman–Crippen LogP) is 1.24. The Kier molecular flexibility index (Phi) is 13.0. The first-order valence-electron chi connectivity index (χ1n) is 20.8. The molecule has 61 heavy (non-hydrogen) atoms. The molecule has 0 radical (unpaired) electrons. The highest BCUT2D eigenvalue weighted by atomic mass is 32.2. The molecule has 7 amide bonds. The Balaban J connectivity index is 1.09. The molecule has 8 atom stereocenters. The molecule has 3 aliphatic heterocycles. The van der Waals surface area contributed by atoms with Gasteiger partial charge in [-0.1, -0.05) is 26.8 Å². The fraction of sp³-hybridized carbons (Fsp3) is 0.585. The van der Waals surface area contributed by atoms with E-state index in [0.717, 1.165) is 23.6 Å². The lowest BCUT2D eigenvalue weighted by Crippen LogP contribution is -2.59. The van der Waals surface area contributed by atoms with Crippen molar-refractivity contribution >= 4 is 68.1 Å². The van der Waals surface area contributed by atoms with Crippen molar-refractivity contribution in [3.63, 3.8) is 0 Å². The molecule has 7 rings (SSSR count). The van der Waals surface area contributed by atoms with Crippen LogP contribution in [-0.4, -0.2) is 126 Å². The lowest BCUT2D eigenvalue weighted by Gasteiger charge is -2.30. The zero-order valence-electron chi connectivity index (χ0n) is 34.4. The Morgan fingerprint density at radius 2 is 1.92 bits per heavy atom. The normalized spacial score (nSPS) is 27.0. The number of amides is 7. The van der Waals surface area contributed by atoms with Crippen molar-refractivity contribution in [2.24, 2.45) is 11.8 Å². The van der Waals surface area contributed by atoms with Crippen LogP contribution in [0.1, 0.15) is 65.2 Å². The largest absolute Gasteiger partial charge is 0.497 e. The predicted molar refractivity (Wildman–Crippen MR) is 226 cm³/mol. The smallest absolute Gasteiger partial charge is 0.315 e. The number of thioether (sulfide) groups is 1. The minimum absolute atomic E-state index is 0.0348. The van der Waals surface area contributed by atoms with E-state index >= 15 is 0 Å². The molecule has 0 bridgehead atoms. The molecule has 330 valence electrons. The Bertz CT molecular complexity index is 2190. The molecule has 0 spiro atoms. The van der Waals surface area contributed by atoms with Crippen LogP contribution in [0.3, 0.4) is 0 Å². The van der Waals surface area contributed by atoms with E-state index in [2.05, 4.69) is 42.9 Å². The second-order valence-electron chi connectivity index (χ2n) is 16.8. The van der Waals surface area contributed by atoms with Crippen molar-refractivity contribution in [3.05, 3.63) is 43.1 Å². The highest BCUT2D eigenvalue weighted by molar-refractivity contribution is 8.00. The summed E-state index contributed by atoms with van der Waals surface area (Å²) in [5.74, 6) is -1.98. The summed E-state index contributed by atoms with van der Waals surface area (Å²) < 4.78 is 39.7. The summed E-state index contributed by atoms with van der Waals surface area (Å²) in [7, 11) is -2.38. The van der Waals surface area contributed by atoms with Crippen LogP contribution in [0.25, 0.3) is 10.8 Å². The van der Waals surface area contributed by atoms with Crippen LogP contribution in [0.15, 0.2) is 43.1 Å². The summed E-state index contributed by atoms with van der Waals surface area (Å²) in [6.45, 7) is 6.80. The minimum Gasteiger partial charge on any atom is -0.497 e. The maximum atomic E-state index is 14.6. The van der Waals surface area contributed by atoms with Crippen LogP contribution in [0.2, 0.25) is 0 Å². The van der Waals surface area contributed by atoms with Crippen molar-refractivity contribution in [1.29, 1.82) is 0 Å². The molecule has 1 aromatic carbocycles. The van der Waals surface area contributed by atoms with Crippen molar-refractivity contribution in [3.8, 4) is 11.6 Å². The minimum atomic E-state index is -3.93. The number of hydrogen-bond acceptors (Lipinski definition) is 12. The zero-order valence-corrected chi connectivity index (χ0v) is 36.1. The summed E-state index contributed by atoms with van der Waals surface area (Å²) in [6.07, 6.45) is 4.95. The lowest BCUT2D eigenvalue weighted by atomic mass is 10.0. The van der Waals surface area contributed by atoms with Crippen LogP contribution >= 0.6 is 11.8 Å². The summed E-state index contributed by atoms with van der Waals surface area (Å²) in [4.78, 5) is 86.1. The quantitative estimate of drug-likeness (QED) is 0.0664. The number of hydrogen-bond donors (Lipinski definition) is 6. The molecule has 3 saturated heterocycles. The maximum absolute atomic E-state index is 14.6. The molecule has 2 saturated carbocycles. The second-order valence-corrected chi connectivity index (χ2v) is 20.0. The number of aromatic nitrogens is 1. The van der Waals surface area contributed by atoms with Gasteiger partial charge in [0, 0.05) is 42.0 Å². The van der Waals surface area contributed by atoms with Gasteiger partial charge in [0.2, 0.25) is 39.5 Å². The second kappa shape index (κ2) is 18.1. The number of ether oxygens (including phenoxy) is 2. The fourth-order valence-electron chi connectivity index (χ4n) is 8.64. The van der Waals surface area contributed by atoms with Gasteiger partial charge in [0.1, 0.15) is 29.5 Å². The first-order chi connectivity index (χ1) is 29.1. The van der Waals surface area contributed by atoms with Gasteiger partial charge < -0.3 is 41.0 Å². The lowest BCUT2D eigenvalue weighted by molar-refractivity contribution is -0.142. The average molecular weight is 883 g/mol. The number of pyridine rings is 1. The highest BCUT2D eigenvalue weighted by Gasteiger charge is 2.64. The maximum Gasteiger partial charge on any atom is 0.315 e. The fourth-order valence-corrected chi connectivity index (χ4v) is 11.5. The number of nitrogens with zero attached hydrogens (tertiary/aromatic N) is 2. The molecule has 20 heteroatoms. The molecule has 6 N–H and O–H groups in total.